The average molecular weight is 308 g/mol. The topological polar surface area (TPSA) is 146 Å². The maximum absolute atomic E-state index is 12.0. The highest BCUT2D eigenvalue weighted by Gasteiger charge is 2.48. The molecule has 2 aliphatic rings. The minimum atomic E-state index is -4.75. The fourth-order valence-corrected chi connectivity index (χ4v) is 2.76. The zero-order valence-corrected chi connectivity index (χ0v) is 11.4. The molecule has 2 heterocycles. The minimum Gasteiger partial charge on any atom is -0.478 e. The summed E-state index contributed by atoms with van der Waals surface area (Å²) >= 11 is 0. The van der Waals surface area contributed by atoms with Crippen LogP contribution < -0.4 is 5.73 Å². The number of nitrogens with two attached hydrogens (primary N) is 1. The van der Waals surface area contributed by atoms with Gasteiger partial charge in [-0.2, -0.15) is 13.5 Å². The van der Waals surface area contributed by atoms with E-state index in [4.69, 9.17) is 20.4 Å². The van der Waals surface area contributed by atoms with Crippen molar-refractivity contribution in [2.24, 2.45) is 5.73 Å². The number of hydroxylamine groups is 2. The molecule has 20 heavy (non-hydrogen) atoms. The lowest BCUT2D eigenvalue weighted by molar-refractivity contribution is -0.0316. The molecule has 0 aromatic heterocycles. The monoisotopic (exact) mass is 308 g/mol. The molecule has 10 nitrogen and oxygen atoms in total. The maximum atomic E-state index is 12.0. The zero-order valence-electron chi connectivity index (χ0n) is 10.6. The highest BCUT2D eigenvalue weighted by atomic mass is 32.3. The first-order chi connectivity index (χ1) is 9.33. The third kappa shape index (κ3) is 3.00. The van der Waals surface area contributed by atoms with Crippen LogP contribution >= 0.6 is 0 Å². The van der Waals surface area contributed by atoms with E-state index >= 15 is 0 Å². The number of ether oxygens (including phenoxy) is 1. The van der Waals surface area contributed by atoms with Crippen molar-refractivity contribution in [2.45, 2.75) is 24.9 Å². The van der Waals surface area contributed by atoms with Gasteiger partial charge in [0, 0.05) is 13.1 Å². The molecule has 2 aliphatic heterocycles. The van der Waals surface area contributed by atoms with Crippen molar-refractivity contribution < 1.29 is 26.8 Å². The van der Waals surface area contributed by atoms with Gasteiger partial charge in [0.1, 0.15) is 12.6 Å². The zero-order chi connectivity index (χ0) is 14.9. The summed E-state index contributed by atoms with van der Waals surface area (Å²) in [5.41, 5.74) is 5.28. The molecular weight excluding hydrogens is 292 g/mol. The number of carbonyl (C=O) groups is 1. The van der Waals surface area contributed by atoms with Crippen LogP contribution in [0.4, 0.5) is 4.79 Å². The van der Waals surface area contributed by atoms with Gasteiger partial charge in [-0.3, -0.25) is 9.96 Å². The first-order valence-corrected chi connectivity index (χ1v) is 7.38. The smallest absolute Gasteiger partial charge is 0.418 e. The number of nitrogens with one attached hydrogen (secondary N) is 1. The van der Waals surface area contributed by atoms with E-state index < -0.39 is 28.5 Å². The fraction of sp³-hybridized carbons (Fsp3) is 0.778. The maximum Gasteiger partial charge on any atom is 0.418 e. The Morgan fingerprint density at radius 2 is 2.20 bits per heavy atom. The normalized spacial score (nSPS) is 26.0. The number of fused-ring (bicyclic) bond motifs is 2. The van der Waals surface area contributed by atoms with Crippen LogP contribution in [0.3, 0.4) is 0 Å². The van der Waals surface area contributed by atoms with Gasteiger partial charge < -0.3 is 15.4 Å². The van der Waals surface area contributed by atoms with Crippen LogP contribution in [0, 0.1) is 5.41 Å². The third-order valence-corrected chi connectivity index (χ3v) is 3.52. The molecule has 0 aromatic rings. The number of rotatable bonds is 5. The average Bonchev–Trinajstić information content (AvgIpc) is 2.60. The summed E-state index contributed by atoms with van der Waals surface area (Å²) in [5, 5.41) is 8.41. The number of piperidine rings is 1. The molecule has 2 bridgehead atoms. The molecule has 2 fully saturated rings. The molecule has 0 radical (unpaired) electrons. The first-order valence-electron chi connectivity index (χ1n) is 6.01. The predicted molar refractivity (Wildman–Crippen MR) is 66.1 cm³/mol. The van der Waals surface area contributed by atoms with Crippen molar-refractivity contribution in [2.75, 3.05) is 19.7 Å². The van der Waals surface area contributed by atoms with Gasteiger partial charge in [-0.25, -0.2) is 4.79 Å². The number of urea groups is 1. The number of carbonyl (C=O) groups excluding carboxylic acids is 1. The van der Waals surface area contributed by atoms with Gasteiger partial charge in [-0.1, -0.05) is 0 Å². The van der Waals surface area contributed by atoms with Crippen molar-refractivity contribution in [3.8, 4) is 0 Å². The second-order valence-corrected chi connectivity index (χ2v) is 5.52. The summed E-state index contributed by atoms with van der Waals surface area (Å²) in [4.78, 5) is 13.3. The molecule has 0 aliphatic carbocycles. The van der Waals surface area contributed by atoms with Gasteiger partial charge in [0.25, 0.3) is 0 Å². The van der Waals surface area contributed by atoms with E-state index in [1.165, 1.54) is 4.90 Å². The SMILES string of the molecule is N=C(OCCN)[C@@H]1CC[C@@H]2CN1C(=O)N2OS(=O)(=O)O. The molecule has 114 valence electrons. The van der Waals surface area contributed by atoms with Gasteiger partial charge >= 0.3 is 16.4 Å². The van der Waals surface area contributed by atoms with E-state index in [1.54, 1.807) is 0 Å². The lowest BCUT2D eigenvalue weighted by Gasteiger charge is -2.30. The molecule has 4 N–H and O–H groups in total. The van der Waals surface area contributed by atoms with Crippen LogP contribution in [-0.4, -0.2) is 66.6 Å². The molecule has 2 amide bonds. The van der Waals surface area contributed by atoms with Crippen LogP contribution in [0.1, 0.15) is 12.8 Å². The number of nitrogens with zero attached hydrogens (tertiary/aromatic N) is 2. The van der Waals surface area contributed by atoms with E-state index in [1.807, 2.05) is 0 Å². The van der Waals surface area contributed by atoms with Crippen LogP contribution in [0.2, 0.25) is 0 Å². The van der Waals surface area contributed by atoms with Crippen LogP contribution in [0.15, 0.2) is 0 Å². The van der Waals surface area contributed by atoms with Crippen LogP contribution in [0.25, 0.3) is 0 Å². The van der Waals surface area contributed by atoms with Crippen molar-refractivity contribution in [3.05, 3.63) is 0 Å². The Balaban J connectivity index is 2.07. The first kappa shape index (κ1) is 15.0. The molecule has 2 saturated heterocycles. The molecular formula is C9H16N4O6S. The molecule has 0 aromatic carbocycles. The summed E-state index contributed by atoms with van der Waals surface area (Å²) in [6, 6.07) is -1.75. The predicted octanol–water partition coefficient (Wildman–Crippen LogP) is -1.06. The number of amides is 2. The van der Waals surface area contributed by atoms with Gasteiger partial charge in [0.2, 0.25) is 5.90 Å². The number of hydrogen-bond donors (Lipinski definition) is 3. The summed E-state index contributed by atoms with van der Waals surface area (Å²) in [5.74, 6) is -0.0871. The van der Waals surface area contributed by atoms with E-state index in [-0.39, 0.29) is 25.6 Å². The molecule has 0 spiro atoms. The van der Waals surface area contributed by atoms with E-state index in [9.17, 15) is 13.2 Å². The molecule has 2 atom stereocenters. The Labute approximate surface area is 115 Å². The summed E-state index contributed by atoms with van der Waals surface area (Å²) in [7, 11) is -4.75. The Morgan fingerprint density at radius 3 is 2.80 bits per heavy atom. The highest BCUT2D eigenvalue weighted by molar-refractivity contribution is 7.80. The van der Waals surface area contributed by atoms with Gasteiger partial charge in [0.15, 0.2) is 0 Å². The van der Waals surface area contributed by atoms with Crippen molar-refractivity contribution in [1.29, 1.82) is 5.41 Å². The van der Waals surface area contributed by atoms with Gasteiger partial charge in [0.05, 0.1) is 6.04 Å². The van der Waals surface area contributed by atoms with Crippen molar-refractivity contribution in [1.82, 2.24) is 9.96 Å². The van der Waals surface area contributed by atoms with Gasteiger partial charge in [-0.05, 0) is 12.8 Å². The second kappa shape index (κ2) is 5.52. The number of hydrogen-bond acceptors (Lipinski definition) is 7. The lowest BCUT2D eigenvalue weighted by Crippen LogP contribution is -2.45. The summed E-state index contributed by atoms with van der Waals surface area (Å²) < 4.78 is 39.5. The highest BCUT2D eigenvalue weighted by Crippen LogP contribution is 2.31. The standard InChI is InChI=1S/C9H16N4O6S/c10-3-4-18-8(11)7-2-1-6-5-12(7)9(14)13(6)19-20(15,16)17/h6-7,11H,1-5,10H2,(H,15,16,17)/t6-,7+/m1/s1. The minimum absolute atomic E-state index is 0.0871. The van der Waals surface area contributed by atoms with Gasteiger partial charge in [-0.15, -0.1) is 4.28 Å². The third-order valence-electron chi connectivity index (χ3n) is 3.18. The second-order valence-electron chi connectivity index (χ2n) is 4.51. The Kier molecular flexibility index (Phi) is 4.13. The largest absolute Gasteiger partial charge is 0.478 e. The van der Waals surface area contributed by atoms with Crippen LogP contribution in [0.5, 0.6) is 0 Å². The van der Waals surface area contributed by atoms with Crippen molar-refractivity contribution >= 4 is 22.3 Å². The van der Waals surface area contributed by atoms with Crippen LogP contribution in [-0.2, 0) is 19.4 Å². The molecule has 0 unspecified atom stereocenters. The summed E-state index contributed by atoms with van der Waals surface area (Å²) in [6.45, 7) is 0.642. The Morgan fingerprint density at radius 1 is 1.50 bits per heavy atom. The van der Waals surface area contributed by atoms with E-state index in [2.05, 4.69) is 4.28 Å². The quantitative estimate of drug-likeness (QED) is 0.333. The van der Waals surface area contributed by atoms with E-state index in [0.29, 0.717) is 17.9 Å². The van der Waals surface area contributed by atoms with Crippen molar-refractivity contribution in [3.63, 3.8) is 0 Å². The Bertz CT molecular complexity index is 509. The lowest BCUT2D eigenvalue weighted by atomic mass is 10.0. The summed E-state index contributed by atoms with van der Waals surface area (Å²) in [6.07, 6.45) is 0.891. The molecule has 11 heteroatoms. The van der Waals surface area contributed by atoms with E-state index in [0.717, 1.165) is 0 Å². The molecule has 2 rings (SSSR count). The fourth-order valence-electron chi connectivity index (χ4n) is 2.37. The molecule has 0 saturated carbocycles. The Hall–Kier alpha value is -1.43.